The molecule has 0 atom stereocenters. The Hall–Kier alpha value is -3.79. The van der Waals surface area contributed by atoms with Crippen LogP contribution in [0.25, 0.3) is 6.08 Å². The van der Waals surface area contributed by atoms with Crippen LogP contribution in [0.3, 0.4) is 0 Å². The molecule has 0 unspecified atom stereocenters. The Kier molecular flexibility index (Phi) is 5.38. The van der Waals surface area contributed by atoms with Gasteiger partial charge in [0.05, 0.1) is 13.0 Å². The van der Waals surface area contributed by atoms with Crippen molar-refractivity contribution >= 4 is 17.8 Å². The second kappa shape index (κ2) is 8.06. The van der Waals surface area contributed by atoms with Crippen LogP contribution in [0.2, 0.25) is 0 Å². The molecule has 1 N–H and O–H groups in total. The Balaban J connectivity index is 1.78. The van der Waals surface area contributed by atoms with Gasteiger partial charge in [0.25, 0.3) is 0 Å². The standard InChI is InChI=1S/C20H15NO6/c21-11-15(20(24)14-4-5-17-18(10-14)27-12-26-17)8-13-2-1-3-16(9-13)25-7-6-19(22)23/h1-5,8-10H,6-7,12H2,(H,22,23)/b15-8-. The van der Waals surface area contributed by atoms with Crippen molar-refractivity contribution in [2.75, 3.05) is 13.4 Å². The maximum Gasteiger partial charge on any atom is 0.306 e. The summed E-state index contributed by atoms with van der Waals surface area (Å²) < 4.78 is 15.8. The average molecular weight is 365 g/mol. The molecule has 0 bridgehead atoms. The van der Waals surface area contributed by atoms with Crippen molar-refractivity contribution in [2.24, 2.45) is 0 Å². The number of carbonyl (C=O) groups excluding carboxylic acids is 1. The van der Waals surface area contributed by atoms with E-state index in [9.17, 15) is 14.9 Å². The number of hydrogen-bond donors (Lipinski definition) is 1. The Morgan fingerprint density at radius 1 is 1.19 bits per heavy atom. The van der Waals surface area contributed by atoms with Gasteiger partial charge >= 0.3 is 5.97 Å². The van der Waals surface area contributed by atoms with Crippen LogP contribution in [0, 0.1) is 11.3 Å². The summed E-state index contributed by atoms with van der Waals surface area (Å²) in [6.45, 7) is 0.131. The van der Waals surface area contributed by atoms with Gasteiger partial charge in [-0.2, -0.15) is 5.26 Å². The van der Waals surface area contributed by atoms with Crippen molar-refractivity contribution in [1.29, 1.82) is 5.26 Å². The van der Waals surface area contributed by atoms with E-state index in [0.717, 1.165) is 0 Å². The monoisotopic (exact) mass is 365 g/mol. The predicted octanol–water partition coefficient (Wildman–Crippen LogP) is 3.06. The molecule has 0 saturated heterocycles. The molecule has 7 heteroatoms. The Morgan fingerprint density at radius 2 is 2.00 bits per heavy atom. The van der Waals surface area contributed by atoms with Gasteiger partial charge in [-0.05, 0) is 42.0 Å². The van der Waals surface area contributed by atoms with Crippen molar-refractivity contribution < 1.29 is 28.9 Å². The van der Waals surface area contributed by atoms with E-state index in [1.807, 2.05) is 6.07 Å². The molecule has 1 aliphatic rings. The normalized spacial score (nSPS) is 12.3. The van der Waals surface area contributed by atoms with Gasteiger partial charge < -0.3 is 19.3 Å². The molecule has 3 rings (SSSR count). The number of carboxylic acids is 1. The number of allylic oxidation sites excluding steroid dienone is 1. The van der Waals surface area contributed by atoms with Crippen LogP contribution in [0.5, 0.6) is 17.2 Å². The van der Waals surface area contributed by atoms with Gasteiger partial charge in [-0.15, -0.1) is 0 Å². The highest BCUT2D eigenvalue weighted by Crippen LogP contribution is 2.33. The first kappa shape index (κ1) is 18.0. The highest BCUT2D eigenvalue weighted by Gasteiger charge is 2.18. The quantitative estimate of drug-likeness (QED) is 0.456. The summed E-state index contributed by atoms with van der Waals surface area (Å²) in [5.41, 5.74) is 0.867. The van der Waals surface area contributed by atoms with Crippen molar-refractivity contribution in [2.45, 2.75) is 6.42 Å². The van der Waals surface area contributed by atoms with E-state index in [1.54, 1.807) is 42.5 Å². The fourth-order valence-corrected chi connectivity index (χ4v) is 2.46. The first-order chi connectivity index (χ1) is 13.1. The number of nitrogens with zero attached hydrogens (tertiary/aromatic N) is 1. The summed E-state index contributed by atoms with van der Waals surface area (Å²) in [6, 6.07) is 13.4. The van der Waals surface area contributed by atoms with Gasteiger partial charge in [0, 0.05) is 5.56 Å². The first-order valence-electron chi connectivity index (χ1n) is 8.07. The van der Waals surface area contributed by atoms with Gasteiger partial charge in [0.1, 0.15) is 17.4 Å². The number of aliphatic carboxylic acids is 1. The first-order valence-corrected chi connectivity index (χ1v) is 8.07. The van der Waals surface area contributed by atoms with Crippen molar-refractivity contribution in [3.8, 4) is 23.3 Å². The molecule has 0 saturated carbocycles. The maximum atomic E-state index is 12.6. The number of nitriles is 1. The van der Waals surface area contributed by atoms with Crippen LogP contribution < -0.4 is 14.2 Å². The Morgan fingerprint density at radius 3 is 2.78 bits per heavy atom. The molecular weight excluding hydrogens is 350 g/mol. The number of ether oxygens (including phenoxy) is 3. The summed E-state index contributed by atoms with van der Waals surface area (Å²) in [7, 11) is 0. The number of carboxylic acid groups (broad SMARTS) is 1. The van der Waals surface area contributed by atoms with Gasteiger partial charge in [-0.3, -0.25) is 9.59 Å². The Bertz CT molecular complexity index is 957. The molecule has 0 spiro atoms. The summed E-state index contributed by atoms with van der Waals surface area (Å²) >= 11 is 0. The van der Waals surface area contributed by atoms with E-state index in [1.165, 1.54) is 6.08 Å². The minimum atomic E-state index is -0.952. The molecule has 2 aromatic rings. The van der Waals surface area contributed by atoms with Crippen LogP contribution in [-0.2, 0) is 4.79 Å². The fraction of sp³-hybridized carbons (Fsp3) is 0.150. The minimum Gasteiger partial charge on any atom is -0.493 e. The van der Waals surface area contributed by atoms with Crippen LogP contribution in [0.15, 0.2) is 48.0 Å². The van der Waals surface area contributed by atoms with Gasteiger partial charge in [-0.1, -0.05) is 12.1 Å². The zero-order valence-electron chi connectivity index (χ0n) is 14.2. The van der Waals surface area contributed by atoms with Crippen molar-refractivity contribution in [3.63, 3.8) is 0 Å². The van der Waals surface area contributed by atoms with Gasteiger partial charge in [0.15, 0.2) is 11.5 Å². The lowest BCUT2D eigenvalue weighted by Crippen LogP contribution is -2.04. The molecule has 0 radical (unpaired) electrons. The van der Waals surface area contributed by atoms with E-state index < -0.39 is 11.8 Å². The van der Waals surface area contributed by atoms with Crippen LogP contribution >= 0.6 is 0 Å². The number of rotatable bonds is 7. The topological polar surface area (TPSA) is 106 Å². The van der Waals surface area contributed by atoms with Crippen LogP contribution in [-0.4, -0.2) is 30.3 Å². The molecular formula is C20H15NO6. The lowest BCUT2D eigenvalue weighted by atomic mass is 10.0. The summed E-state index contributed by atoms with van der Waals surface area (Å²) in [4.78, 5) is 23.2. The van der Waals surface area contributed by atoms with E-state index in [-0.39, 0.29) is 25.4 Å². The number of fused-ring (bicyclic) bond motifs is 1. The number of benzene rings is 2. The van der Waals surface area contributed by atoms with Crippen molar-refractivity contribution in [1.82, 2.24) is 0 Å². The van der Waals surface area contributed by atoms with Crippen LogP contribution in [0.1, 0.15) is 22.3 Å². The molecule has 2 aromatic carbocycles. The smallest absolute Gasteiger partial charge is 0.306 e. The molecule has 0 amide bonds. The molecule has 1 aliphatic heterocycles. The molecule has 136 valence electrons. The van der Waals surface area contributed by atoms with E-state index >= 15 is 0 Å². The van der Waals surface area contributed by atoms with Gasteiger partial charge in [0.2, 0.25) is 12.6 Å². The van der Waals surface area contributed by atoms with Crippen LogP contribution in [0.4, 0.5) is 0 Å². The highest BCUT2D eigenvalue weighted by molar-refractivity contribution is 6.14. The van der Waals surface area contributed by atoms with Crippen molar-refractivity contribution in [3.05, 3.63) is 59.2 Å². The van der Waals surface area contributed by atoms with Gasteiger partial charge in [-0.25, -0.2) is 0 Å². The third kappa shape index (κ3) is 4.44. The SMILES string of the molecule is N#C/C(=C/c1cccc(OCCC(=O)O)c1)C(=O)c1ccc2c(c1)OCO2. The van der Waals surface area contributed by atoms with E-state index in [4.69, 9.17) is 19.3 Å². The molecule has 27 heavy (non-hydrogen) atoms. The Labute approximate surface area is 155 Å². The second-order valence-electron chi connectivity index (χ2n) is 5.63. The third-order valence-electron chi connectivity index (χ3n) is 3.75. The third-order valence-corrected chi connectivity index (χ3v) is 3.75. The molecule has 0 fully saturated rings. The molecule has 0 aromatic heterocycles. The summed E-state index contributed by atoms with van der Waals surface area (Å²) in [5.74, 6) is 0.0881. The molecule has 7 nitrogen and oxygen atoms in total. The predicted molar refractivity (Wildman–Crippen MR) is 94.7 cm³/mol. The lowest BCUT2D eigenvalue weighted by molar-refractivity contribution is -0.137. The molecule has 0 aliphatic carbocycles. The number of carbonyl (C=O) groups is 2. The second-order valence-corrected chi connectivity index (χ2v) is 5.63. The highest BCUT2D eigenvalue weighted by atomic mass is 16.7. The zero-order chi connectivity index (χ0) is 19.2. The maximum absolute atomic E-state index is 12.6. The lowest BCUT2D eigenvalue weighted by Gasteiger charge is -2.06. The zero-order valence-corrected chi connectivity index (χ0v) is 14.2. The van der Waals surface area contributed by atoms with E-state index in [0.29, 0.717) is 28.4 Å². The number of ketones is 1. The number of Topliss-reactive ketones (excluding diaryl/α,β-unsaturated/α-hetero) is 1. The van der Waals surface area contributed by atoms with E-state index in [2.05, 4.69) is 0 Å². The fourth-order valence-electron chi connectivity index (χ4n) is 2.46. The number of hydrogen-bond acceptors (Lipinski definition) is 6. The molecule has 1 heterocycles. The summed E-state index contributed by atoms with van der Waals surface area (Å²) in [6.07, 6.45) is 1.34. The minimum absolute atomic E-state index is 0.0315. The average Bonchev–Trinajstić information content (AvgIpc) is 3.13. The summed E-state index contributed by atoms with van der Waals surface area (Å²) in [5, 5.41) is 18.0. The largest absolute Gasteiger partial charge is 0.493 e.